The molecule has 0 aromatic heterocycles. The number of nitrogens with one attached hydrogen (secondary N) is 1. The smallest absolute Gasteiger partial charge is 0.00152 e. The fraction of sp³-hybridized carbons (Fsp3) is 1.00. The van der Waals surface area contributed by atoms with Crippen molar-refractivity contribution < 1.29 is 0 Å². The van der Waals surface area contributed by atoms with E-state index in [1.165, 1.54) is 45.2 Å². The maximum Gasteiger partial charge on any atom is -0.00152 e. The lowest BCUT2D eigenvalue weighted by atomic mass is 9.68. The van der Waals surface area contributed by atoms with Crippen molar-refractivity contribution in [3.05, 3.63) is 0 Å². The van der Waals surface area contributed by atoms with Crippen molar-refractivity contribution in [1.82, 2.24) is 5.32 Å². The van der Waals surface area contributed by atoms with Crippen LogP contribution in [-0.2, 0) is 0 Å². The molecule has 0 radical (unpaired) electrons. The van der Waals surface area contributed by atoms with Gasteiger partial charge < -0.3 is 5.32 Å². The molecule has 0 aromatic rings. The van der Waals surface area contributed by atoms with Crippen LogP contribution in [-0.4, -0.2) is 13.1 Å². The monoisotopic (exact) mass is 167 g/mol. The lowest BCUT2D eigenvalue weighted by Crippen LogP contribution is -2.42. The number of hydrogen-bond acceptors (Lipinski definition) is 1. The molecule has 1 saturated carbocycles. The molecule has 2 aliphatic rings. The van der Waals surface area contributed by atoms with Gasteiger partial charge in [-0.2, -0.15) is 0 Å². The Morgan fingerprint density at radius 2 is 2.17 bits per heavy atom. The third kappa shape index (κ3) is 1.52. The molecule has 0 bridgehead atoms. The van der Waals surface area contributed by atoms with E-state index in [1.54, 1.807) is 0 Å². The third-order valence-electron chi connectivity index (χ3n) is 3.96. The largest absolute Gasteiger partial charge is 0.316 e. The second kappa shape index (κ2) is 3.78. The summed E-state index contributed by atoms with van der Waals surface area (Å²) in [5.41, 5.74) is 0. The van der Waals surface area contributed by atoms with E-state index in [-0.39, 0.29) is 0 Å². The molecule has 1 N–H and O–H groups in total. The second-order valence-electron chi connectivity index (χ2n) is 4.52. The van der Waals surface area contributed by atoms with Crippen LogP contribution in [0, 0.1) is 17.8 Å². The normalized spacial score (nSPS) is 42.2. The first-order valence-corrected chi connectivity index (χ1v) is 5.62. The second-order valence-corrected chi connectivity index (χ2v) is 4.52. The Kier molecular flexibility index (Phi) is 2.69. The predicted octanol–water partition coefficient (Wildman–Crippen LogP) is 2.42. The van der Waals surface area contributed by atoms with Gasteiger partial charge in [0.2, 0.25) is 0 Å². The Labute approximate surface area is 75.9 Å². The number of fused-ring (bicyclic) bond motifs is 1. The van der Waals surface area contributed by atoms with E-state index in [4.69, 9.17) is 0 Å². The van der Waals surface area contributed by atoms with E-state index < -0.39 is 0 Å². The van der Waals surface area contributed by atoms with E-state index in [2.05, 4.69) is 12.2 Å². The maximum absolute atomic E-state index is 3.55. The van der Waals surface area contributed by atoms with Crippen LogP contribution in [0.1, 0.15) is 39.0 Å². The quantitative estimate of drug-likeness (QED) is 0.632. The van der Waals surface area contributed by atoms with Gasteiger partial charge in [-0.05, 0) is 37.3 Å². The molecule has 3 unspecified atom stereocenters. The summed E-state index contributed by atoms with van der Waals surface area (Å²) in [5, 5.41) is 3.55. The van der Waals surface area contributed by atoms with E-state index in [0.717, 1.165) is 17.8 Å². The van der Waals surface area contributed by atoms with Crippen LogP contribution >= 0.6 is 0 Å². The summed E-state index contributed by atoms with van der Waals surface area (Å²) in [5.74, 6) is 3.14. The van der Waals surface area contributed by atoms with Crippen LogP contribution in [0.3, 0.4) is 0 Å². The van der Waals surface area contributed by atoms with E-state index in [9.17, 15) is 0 Å². The number of hydrogen-bond donors (Lipinski definition) is 1. The Bertz CT molecular complexity index is 135. The molecule has 2 fully saturated rings. The van der Waals surface area contributed by atoms with Crippen molar-refractivity contribution >= 4 is 0 Å². The molecule has 0 amide bonds. The molecule has 1 saturated heterocycles. The van der Waals surface area contributed by atoms with Gasteiger partial charge in [0.15, 0.2) is 0 Å². The molecule has 12 heavy (non-hydrogen) atoms. The lowest BCUT2D eigenvalue weighted by molar-refractivity contribution is 0.114. The van der Waals surface area contributed by atoms with Gasteiger partial charge in [0, 0.05) is 0 Å². The van der Waals surface area contributed by atoms with Gasteiger partial charge in [0.25, 0.3) is 0 Å². The molecule has 1 heterocycles. The predicted molar refractivity (Wildman–Crippen MR) is 52.1 cm³/mol. The highest BCUT2D eigenvalue weighted by molar-refractivity contribution is 4.86. The molecule has 2 rings (SSSR count). The van der Waals surface area contributed by atoms with Crippen LogP contribution in [0.5, 0.6) is 0 Å². The van der Waals surface area contributed by atoms with Gasteiger partial charge in [0.1, 0.15) is 0 Å². The van der Waals surface area contributed by atoms with Crippen LogP contribution in [0.4, 0.5) is 0 Å². The standard InChI is InChI=1S/C11H21N/c1-2-9-4-3-5-10-6-7-12-8-11(9)10/h9-12H,2-8H2,1H3. The third-order valence-corrected chi connectivity index (χ3v) is 3.96. The molecule has 1 aliphatic heterocycles. The van der Waals surface area contributed by atoms with Crippen molar-refractivity contribution in [2.45, 2.75) is 39.0 Å². The first-order chi connectivity index (χ1) is 5.92. The minimum Gasteiger partial charge on any atom is -0.316 e. The van der Waals surface area contributed by atoms with Crippen LogP contribution < -0.4 is 5.32 Å². The SMILES string of the molecule is CCC1CCCC2CCNCC12. The van der Waals surface area contributed by atoms with E-state index >= 15 is 0 Å². The van der Waals surface area contributed by atoms with Crippen LogP contribution in [0.25, 0.3) is 0 Å². The van der Waals surface area contributed by atoms with Crippen LogP contribution in [0.2, 0.25) is 0 Å². The van der Waals surface area contributed by atoms with Gasteiger partial charge in [0.05, 0.1) is 0 Å². The van der Waals surface area contributed by atoms with Gasteiger partial charge in [-0.3, -0.25) is 0 Å². The summed E-state index contributed by atoms with van der Waals surface area (Å²) in [6, 6.07) is 0. The van der Waals surface area contributed by atoms with Crippen molar-refractivity contribution in [3.63, 3.8) is 0 Å². The average molecular weight is 167 g/mol. The molecule has 3 atom stereocenters. The molecule has 1 nitrogen and oxygen atoms in total. The zero-order valence-electron chi connectivity index (χ0n) is 8.18. The van der Waals surface area contributed by atoms with Gasteiger partial charge in [-0.1, -0.05) is 32.6 Å². The molecule has 1 aliphatic carbocycles. The van der Waals surface area contributed by atoms with Gasteiger partial charge in [-0.25, -0.2) is 0 Å². The molecule has 70 valence electrons. The fourth-order valence-corrected chi connectivity index (χ4v) is 3.21. The average Bonchev–Trinajstić information content (AvgIpc) is 2.17. The molecular weight excluding hydrogens is 146 g/mol. The molecule has 0 aromatic carbocycles. The summed E-state index contributed by atoms with van der Waals surface area (Å²) in [4.78, 5) is 0. The van der Waals surface area contributed by atoms with Crippen molar-refractivity contribution in [2.75, 3.05) is 13.1 Å². The first kappa shape index (κ1) is 8.55. The summed E-state index contributed by atoms with van der Waals surface area (Å²) < 4.78 is 0. The fourth-order valence-electron chi connectivity index (χ4n) is 3.21. The Hall–Kier alpha value is -0.0400. The number of rotatable bonds is 1. The lowest BCUT2D eigenvalue weighted by Gasteiger charge is -2.41. The highest BCUT2D eigenvalue weighted by atomic mass is 14.9. The maximum atomic E-state index is 3.55. The van der Waals surface area contributed by atoms with Gasteiger partial charge in [-0.15, -0.1) is 0 Å². The minimum atomic E-state index is 1.03. The first-order valence-electron chi connectivity index (χ1n) is 5.62. The summed E-state index contributed by atoms with van der Waals surface area (Å²) >= 11 is 0. The Morgan fingerprint density at radius 3 is 3.00 bits per heavy atom. The van der Waals surface area contributed by atoms with Crippen molar-refractivity contribution in [2.24, 2.45) is 17.8 Å². The van der Waals surface area contributed by atoms with Crippen LogP contribution in [0.15, 0.2) is 0 Å². The highest BCUT2D eigenvalue weighted by Gasteiger charge is 2.33. The van der Waals surface area contributed by atoms with Crippen molar-refractivity contribution in [3.8, 4) is 0 Å². The van der Waals surface area contributed by atoms with Gasteiger partial charge >= 0.3 is 0 Å². The number of piperidine rings is 1. The highest BCUT2D eigenvalue weighted by Crippen LogP contribution is 2.39. The van der Waals surface area contributed by atoms with E-state index in [1.807, 2.05) is 0 Å². The summed E-state index contributed by atoms with van der Waals surface area (Å²) in [6.45, 7) is 4.95. The Balaban J connectivity index is 1.99. The molecule has 0 spiro atoms. The Morgan fingerprint density at radius 1 is 1.25 bits per heavy atom. The molecule has 1 heteroatoms. The minimum absolute atomic E-state index is 1.03. The summed E-state index contributed by atoms with van der Waals surface area (Å²) in [7, 11) is 0. The molecular formula is C11H21N. The van der Waals surface area contributed by atoms with E-state index in [0.29, 0.717) is 0 Å². The zero-order valence-corrected chi connectivity index (χ0v) is 8.18. The topological polar surface area (TPSA) is 12.0 Å². The van der Waals surface area contributed by atoms with Crippen molar-refractivity contribution in [1.29, 1.82) is 0 Å². The zero-order chi connectivity index (χ0) is 8.39. The summed E-state index contributed by atoms with van der Waals surface area (Å²) in [6.07, 6.45) is 7.37.